The van der Waals surface area contributed by atoms with Crippen molar-refractivity contribution in [1.82, 2.24) is 9.97 Å². The van der Waals surface area contributed by atoms with Gasteiger partial charge in [-0.25, -0.2) is 4.98 Å². The highest BCUT2D eigenvalue weighted by Crippen LogP contribution is 2.29. The van der Waals surface area contributed by atoms with Gasteiger partial charge in [-0.15, -0.1) is 0 Å². The molecule has 25 heavy (non-hydrogen) atoms. The number of fused-ring (bicyclic) bond motifs is 3. The van der Waals surface area contributed by atoms with Crippen molar-refractivity contribution in [2.45, 2.75) is 26.3 Å². The van der Waals surface area contributed by atoms with Gasteiger partial charge in [-0.1, -0.05) is 49.4 Å². The molecule has 0 fully saturated rings. The second-order valence-electron chi connectivity index (χ2n) is 6.02. The minimum absolute atomic E-state index is 0. The van der Waals surface area contributed by atoms with Crippen molar-refractivity contribution in [2.75, 3.05) is 0 Å². The highest BCUT2D eigenvalue weighted by atomic mass is 35.5. The molecule has 4 nitrogen and oxygen atoms in total. The number of hydrogen-bond acceptors (Lipinski definition) is 3. The second-order valence-corrected chi connectivity index (χ2v) is 6.02. The Balaban J connectivity index is 0.00000182. The molecule has 1 unspecified atom stereocenters. The molecule has 0 bridgehead atoms. The first-order valence-corrected chi connectivity index (χ1v) is 8.34. The van der Waals surface area contributed by atoms with E-state index in [4.69, 9.17) is 14.4 Å². The Morgan fingerprint density at radius 2 is 1.72 bits per heavy atom. The van der Waals surface area contributed by atoms with Crippen LogP contribution in [-0.4, -0.2) is 9.97 Å². The van der Waals surface area contributed by atoms with Crippen LogP contribution in [0.2, 0.25) is 0 Å². The van der Waals surface area contributed by atoms with Crippen molar-refractivity contribution >= 4 is 27.9 Å². The summed E-state index contributed by atoms with van der Waals surface area (Å²) in [4.78, 5) is 9.42. The standard InChI is InChI=1S/C20H19N3O.ClH/c1-3-17-22-18-15-11-7-8-12-16(15)24-19(18)20(23-17)21-13(2)14-9-5-4-6-10-14;/h4-13H,3H2,1-2H3,(H,21,22,23);1H. The summed E-state index contributed by atoms with van der Waals surface area (Å²) >= 11 is 0. The van der Waals surface area contributed by atoms with E-state index in [1.165, 1.54) is 5.56 Å². The highest BCUT2D eigenvalue weighted by Gasteiger charge is 2.20. The van der Waals surface area contributed by atoms with Crippen LogP contribution in [0.3, 0.4) is 0 Å². The van der Waals surface area contributed by atoms with Crippen molar-refractivity contribution in [2.24, 2.45) is 0 Å². The number of halogens is 1. The topological polar surface area (TPSA) is 55.5 Å². The lowest BCUT2D eigenvalue weighted by molar-refractivity contribution is -0.616. The fourth-order valence-corrected chi connectivity index (χ4v) is 3.02. The molecule has 0 aliphatic heterocycles. The number of aryl methyl sites for hydroxylation is 1. The minimum Gasteiger partial charge on any atom is -1.00 e. The summed E-state index contributed by atoms with van der Waals surface area (Å²) in [5.41, 5.74) is 3.80. The molecule has 2 N–H and O–H groups in total. The summed E-state index contributed by atoms with van der Waals surface area (Å²) in [5, 5.41) is 3.22. The van der Waals surface area contributed by atoms with E-state index in [9.17, 15) is 0 Å². The summed E-state index contributed by atoms with van der Waals surface area (Å²) in [7, 11) is 0. The van der Waals surface area contributed by atoms with Gasteiger partial charge in [0.25, 0.3) is 5.82 Å². The van der Waals surface area contributed by atoms with Crippen LogP contribution in [0.15, 0.2) is 59.0 Å². The zero-order valence-corrected chi connectivity index (χ0v) is 15.0. The van der Waals surface area contributed by atoms with E-state index in [1.54, 1.807) is 0 Å². The molecular formula is C20H20ClN3O. The SMILES string of the molecule is CCc1nc([NH2+]C(C)c2ccccc2)c2oc3ccccc3c2n1.[Cl-]. The van der Waals surface area contributed by atoms with Gasteiger partial charge in [-0.05, 0) is 19.1 Å². The average Bonchev–Trinajstić information content (AvgIpc) is 3.01. The van der Waals surface area contributed by atoms with Gasteiger partial charge in [0.2, 0.25) is 5.58 Å². The predicted molar refractivity (Wildman–Crippen MR) is 95.1 cm³/mol. The van der Waals surface area contributed by atoms with Crippen LogP contribution in [0.1, 0.15) is 31.3 Å². The minimum atomic E-state index is 0. The molecule has 4 rings (SSSR count). The molecule has 2 aromatic carbocycles. The Bertz CT molecular complexity index is 998. The van der Waals surface area contributed by atoms with Gasteiger partial charge in [0.15, 0.2) is 0 Å². The summed E-state index contributed by atoms with van der Waals surface area (Å²) in [5.74, 6) is 1.73. The van der Waals surface area contributed by atoms with E-state index in [2.05, 4.69) is 49.5 Å². The van der Waals surface area contributed by atoms with Gasteiger partial charge in [0.1, 0.15) is 23.0 Å². The fraction of sp³-hybridized carbons (Fsp3) is 0.200. The number of hydrogen-bond donors (Lipinski definition) is 1. The Hall–Kier alpha value is -2.43. The number of quaternary nitrogens is 1. The number of furan rings is 1. The van der Waals surface area contributed by atoms with Gasteiger partial charge >= 0.3 is 0 Å². The van der Waals surface area contributed by atoms with Crippen LogP contribution in [0.25, 0.3) is 22.1 Å². The Morgan fingerprint density at radius 3 is 2.48 bits per heavy atom. The molecule has 2 aromatic heterocycles. The second kappa shape index (κ2) is 7.21. The zero-order chi connectivity index (χ0) is 16.5. The van der Waals surface area contributed by atoms with E-state index in [1.807, 2.05) is 24.3 Å². The summed E-state index contributed by atoms with van der Waals surface area (Å²) in [6.07, 6.45) is 0.802. The lowest BCUT2D eigenvalue weighted by Gasteiger charge is -2.10. The molecule has 1 atom stereocenters. The van der Waals surface area contributed by atoms with E-state index in [0.29, 0.717) is 0 Å². The molecule has 4 aromatic rings. The summed E-state index contributed by atoms with van der Waals surface area (Å²) < 4.78 is 6.06. The van der Waals surface area contributed by atoms with E-state index in [0.717, 1.165) is 40.1 Å². The van der Waals surface area contributed by atoms with Crippen LogP contribution in [0.5, 0.6) is 0 Å². The van der Waals surface area contributed by atoms with Gasteiger partial charge in [-0.2, -0.15) is 4.98 Å². The van der Waals surface area contributed by atoms with Crippen molar-refractivity contribution in [3.8, 4) is 0 Å². The van der Waals surface area contributed by atoms with Crippen molar-refractivity contribution < 1.29 is 22.1 Å². The van der Waals surface area contributed by atoms with Crippen LogP contribution in [0.4, 0.5) is 5.82 Å². The molecule has 0 saturated carbocycles. The number of nitrogens with two attached hydrogens (primary N) is 1. The number of rotatable bonds is 4. The average molecular weight is 354 g/mol. The van der Waals surface area contributed by atoms with Crippen molar-refractivity contribution in [3.05, 3.63) is 66.0 Å². The first kappa shape index (κ1) is 17.4. The molecule has 5 heteroatoms. The van der Waals surface area contributed by atoms with Gasteiger partial charge in [-0.3, -0.25) is 5.32 Å². The van der Waals surface area contributed by atoms with Crippen LogP contribution < -0.4 is 17.7 Å². The van der Waals surface area contributed by atoms with Gasteiger partial charge in [0.05, 0.1) is 0 Å². The number of para-hydroxylation sites is 1. The summed E-state index contributed by atoms with van der Waals surface area (Å²) in [6.45, 7) is 4.26. The lowest BCUT2D eigenvalue weighted by atomic mass is 10.1. The van der Waals surface area contributed by atoms with Crippen molar-refractivity contribution in [3.63, 3.8) is 0 Å². The van der Waals surface area contributed by atoms with E-state index >= 15 is 0 Å². The lowest BCUT2D eigenvalue weighted by Crippen LogP contribution is -3.00. The molecule has 0 aliphatic carbocycles. The molecule has 0 saturated heterocycles. The monoisotopic (exact) mass is 353 g/mol. The van der Waals surface area contributed by atoms with Crippen LogP contribution in [0, 0.1) is 0 Å². The molecule has 0 radical (unpaired) electrons. The normalized spacial score (nSPS) is 12.2. The maximum atomic E-state index is 6.06. The molecule has 0 aliphatic rings. The van der Waals surface area contributed by atoms with Crippen molar-refractivity contribution in [1.29, 1.82) is 0 Å². The van der Waals surface area contributed by atoms with Gasteiger partial charge < -0.3 is 16.8 Å². The maximum Gasteiger partial charge on any atom is 0.272 e. The maximum absolute atomic E-state index is 6.06. The van der Waals surface area contributed by atoms with Crippen LogP contribution >= 0.6 is 0 Å². The van der Waals surface area contributed by atoms with Crippen LogP contribution in [-0.2, 0) is 6.42 Å². The third-order valence-corrected chi connectivity index (χ3v) is 4.34. The Labute approximate surface area is 152 Å². The predicted octanol–water partition coefficient (Wildman–Crippen LogP) is 0.898. The summed E-state index contributed by atoms with van der Waals surface area (Å²) in [6, 6.07) is 18.7. The first-order valence-electron chi connectivity index (χ1n) is 8.34. The first-order chi connectivity index (χ1) is 11.8. The number of benzene rings is 2. The number of nitrogens with zero attached hydrogens (tertiary/aromatic N) is 2. The third-order valence-electron chi connectivity index (χ3n) is 4.34. The largest absolute Gasteiger partial charge is 1.00 e. The Kier molecular flexibility index (Phi) is 5.02. The molecule has 128 valence electrons. The highest BCUT2D eigenvalue weighted by molar-refractivity contribution is 6.04. The quantitative estimate of drug-likeness (QED) is 0.593. The zero-order valence-electron chi connectivity index (χ0n) is 14.2. The third kappa shape index (κ3) is 3.23. The fourth-order valence-electron chi connectivity index (χ4n) is 3.02. The molecule has 2 heterocycles. The van der Waals surface area contributed by atoms with E-state index < -0.39 is 0 Å². The molecular weight excluding hydrogens is 334 g/mol. The Morgan fingerprint density at radius 1 is 1.00 bits per heavy atom. The number of aromatic nitrogens is 2. The van der Waals surface area contributed by atoms with E-state index in [-0.39, 0.29) is 18.4 Å². The molecule has 0 spiro atoms. The smallest absolute Gasteiger partial charge is 0.272 e. The van der Waals surface area contributed by atoms with Gasteiger partial charge in [0, 0.05) is 17.4 Å². The molecule has 0 amide bonds.